The van der Waals surface area contributed by atoms with Crippen molar-refractivity contribution in [1.82, 2.24) is 24.6 Å². The third-order valence-corrected chi connectivity index (χ3v) is 6.81. The fraction of sp³-hybridized carbons (Fsp3) is 0.684. The second kappa shape index (κ2) is 7.17. The van der Waals surface area contributed by atoms with E-state index in [1.165, 1.54) is 59.8 Å². The van der Waals surface area contributed by atoms with Crippen molar-refractivity contribution in [2.45, 2.75) is 44.7 Å². The molecule has 0 N–H and O–H groups in total. The molecule has 25 heavy (non-hydrogen) atoms. The van der Waals surface area contributed by atoms with Crippen LogP contribution in [0.25, 0.3) is 0 Å². The molecule has 0 unspecified atom stereocenters. The fourth-order valence-corrected chi connectivity index (χ4v) is 5.81. The summed E-state index contributed by atoms with van der Waals surface area (Å²) < 4.78 is 1.93. The molecule has 1 saturated heterocycles. The van der Waals surface area contributed by atoms with E-state index in [0.717, 1.165) is 13.1 Å². The Hall–Kier alpha value is -1.24. The van der Waals surface area contributed by atoms with Crippen molar-refractivity contribution in [2.24, 2.45) is 13.0 Å². The van der Waals surface area contributed by atoms with Crippen LogP contribution in [0.2, 0.25) is 0 Å². The van der Waals surface area contributed by atoms with Crippen LogP contribution in [0.3, 0.4) is 0 Å². The summed E-state index contributed by atoms with van der Waals surface area (Å²) in [6.07, 6.45) is 10.5. The van der Waals surface area contributed by atoms with Gasteiger partial charge < -0.3 is 0 Å². The van der Waals surface area contributed by atoms with Gasteiger partial charge in [0.05, 0.1) is 18.4 Å². The van der Waals surface area contributed by atoms with Gasteiger partial charge in [0.1, 0.15) is 5.01 Å². The zero-order chi connectivity index (χ0) is 17.4. The van der Waals surface area contributed by atoms with Crippen molar-refractivity contribution in [3.05, 3.63) is 33.5 Å². The number of aromatic nitrogens is 3. The van der Waals surface area contributed by atoms with Crippen molar-refractivity contribution in [3.63, 3.8) is 0 Å². The lowest BCUT2D eigenvalue weighted by molar-refractivity contribution is 0.0925. The summed E-state index contributed by atoms with van der Waals surface area (Å²) in [6.45, 7) is 3.28. The first-order valence-electron chi connectivity index (χ1n) is 9.45. The monoisotopic (exact) mass is 359 g/mol. The van der Waals surface area contributed by atoms with E-state index < -0.39 is 0 Å². The number of piperidine rings is 1. The number of hydrogen-bond donors (Lipinski definition) is 0. The first kappa shape index (κ1) is 17.2. The highest BCUT2D eigenvalue weighted by molar-refractivity contribution is 7.11. The molecule has 0 amide bonds. The zero-order valence-corrected chi connectivity index (χ0v) is 16.4. The molecule has 5 nitrogen and oxygen atoms in total. The van der Waals surface area contributed by atoms with Gasteiger partial charge in [0, 0.05) is 36.3 Å². The number of rotatable bonds is 5. The summed E-state index contributed by atoms with van der Waals surface area (Å²) in [6, 6.07) is 0.478. The Morgan fingerprint density at radius 3 is 2.92 bits per heavy atom. The van der Waals surface area contributed by atoms with E-state index in [1.807, 2.05) is 29.3 Å². The topological polar surface area (TPSA) is 37.2 Å². The van der Waals surface area contributed by atoms with Crippen LogP contribution in [-0.2, 0) is 26.4 Å². The van der Waals surface area contributed by atoms with E-state index in [1.54, 1.807) is 0 Å². The summed E-state index contributed by atoms with van der Waals surface area (Å²) in [4.78, 5) is 11.4. The highest BCUT2D eigenvalue weighted by Gasteiger charge is 2.32. The molecule has 0 aromatic carbocycles. The Kier molecular flexibility index (Phi) is 4.93. The van der Waals surface area contributed by atoms with E-state index in [-0.39, 0.29) is 0 Å². The molecule has 2 aliphatic rings. The molecular formula is C19H29N5S. The van der Waals surface area contributed by atoms with Crippen molar-refractivity contribution >= 4 is 11.3 Å². The molecule has 0 bridgehead atoms. The smallest absolute Gasteiger partial charge is 0.107 e. The molecule has 4 rings (SSSR count). The van der Waals surface area contributed by atoms with Crippen molar-refractivity contribution in [1.29, 1.82) is 0 Å². The molecule has 2 atom stereocenters. The average molecular weight is 360 g/mol. The Morgan fingerprint density at radius 1 is 1.28 bits per heavy atom. The highest BCUT2D eigenvalue weighted by Crippen LogP contribution is 2.35. The van der Waals surface area contributed by atoms with Crippen LogP contribution in [0.1, 0.15) is 46.4 Å². The maximum Gasteiger partial charge on any atom is 0.107 e. The molecule has 0 saturated carbocycles. The Balaban J connectivity index is 1.43. The Labute approximate surface area is 154 Å². The number of nitrogens with zero attached hydrogens (tertiary/aromatic N) is 5. The summed E-state index contributed by atoms with van der Waals surface area (Å²) >= 11 is 1.94. The normalized spacial score (nSPS) is 24.2. The minimum atomic E-state index is 0.478. The van der Waals surface area contributed by atoms with Crippen molar-refractivity contribution < 1.29 is 0 Å². The molecule has 2 aromatic heterocycles. The van der Waals surface area contributed by atoms with Gasteiger partial charge in [-0.1, -0.05) is 0 Å². The molecule has 3 heterocycles. The number of hydrogen-bond acceptors (Lipinski definition) is 5. The van der Waals surface area contributed by atoms with Crippen molar-refractivity contribution in [3.8, 4) is 0 Å². The lowest BCUT2D eigenvalue weighted by atomic mass is 9.86. The Morgan fingerprint density at radius 2 is 2.16 bits per heavy atom. The Bertz CT molecular complexity index is 700. The maximum atomic E-state index is 4.87. The quantitative estimate of drug-likeness (QED) is 0.823. The maximum absolute atomic E-state index is 4.87. The molecule has 136 valence electrons. The number of aryl methyl sites for hydroxylation is 3. The average Bonchev–Trinajstić information content (AvgIpc) is 3.23. The predicted molar refractivity (Wildman–Crippen MR) is 102 cm³/mol. The van der Waals surface area contributed by atoms with Gasteiger partial charge in [-0.05, 0) is 58.7 Å². The van der Waals surface area contributed by atoms with Crippen LogP contribution in [0.5, 0.6) is 0 Å². The van der Waals surface area contributed by atoms with Gasteiger partial charge in [0.25, 0.3) is 0 Å². The van der Waals surface area contributed by atoms with Gasteiger partial charge >= 0.3 is 0 Å². The van der Waals surface area contributed by atoms with Gasteiger partial charge in [0.2, 0.25) is 0 Å². The number of fused-ring (bicyclic) bond motifs is 1. The van der Waals surface area contributed by atoms with Crippen LogP contribution in [-0.4, -0.2) is 51.7 Å². The van der Waals surface area contributed by atoms with Crippen LogP contribution in [0.15, 0.2) is 12.4 Å². The predicted octanol–water partition coefficient (Wildman–Crippen LogP) is 2.88. The van der Waals surface area contributed by atoms with Gasteiger partial charge in [-0.3, -0.25) is 14.5 Å². The molecule has 1 aliphatic heterocycles. The van der Waals surface area contributed by atoms with Crippen LogP contribution >= 0.6 is 11.3 Å². The number of likely N-dealkylation sites (tertiary alicyclic amines) is 1. The number of thiazole rings is 1. The SMILES string of the molecule is CN(Cc1nc2c(s1)CCC2)C[C@@H]1CCCN(C)[C@H]1c1cnn(C)c1. The van der Waals surface area contributed by atoms with Gasteiger partial charge in [-0.2, -0.15) is 5.10 Å². The summed E-state index contributed by atoms with van der Waals surface area (Å²) in [5.74, 6) is 0.653. The second-order valence-corrected chi connectivity index (χ2v) is 8.97. The molecule has 1 aliphatic carbocycles. The van der Waals surface area contributed by atoms with E-state index in [9.17, 15) is 0 Å². The summed E-state index contributed by atoms with van der Waals surface area (Å²) in [7, 11) is 6.52. The molecular weight excluding hydrogens is 330 g/mol. The standard InChI is InChI=1S/C19H29N5S/c1-22(13-18-21-16-7-4-8-17(16)25-18)11-14-6-5-9-23(2)19(14)15-10-20-24(3)12-15/h10,12,14,19H,4-9,11,13H2,1-3H3/t14-,19+/m0/s1. The molecule has 2 aromatic rings. The van der Waals surface area contributed by atoms with Crippen LogP contribution in [0.4, 0.5) is 0 Å². The van der Waals surface area contributed by atoms with Gasteiger partial charge in [0.15, 0.2) is 0 Å². The third-order valence-electron chi connectivity index (χ3n) is 5.66. The molecule has 1 fully saturated rings. The lowest BCUT2D eigenvalue weighted by Gasteiger charge is -2.40. The van der Waals surface area contributed by atoms with Gasteiger partial charge in [-0.25, -0.2) is 4.98 Å². The minimum Gasteiger partial charge on any atom is -0.299 e. The minimum absolute atomic E-state index is 0.478. The van der Waals surface area contributed by atoms with E-state index >= 15 is 0 Å². The largest absolute Gasteiger partial charge is 0.299 e. The summed E-state index contributed by atoms with van der Waals surface area (Å²) in [5.41, 5.74) is 2.73. The summed E-state index contributed by atoms with van der Waals surface area (Å²) in [5, 5.41) is 5.70. The molecule has 0 radical (unpaired) electrons. The van der Waals surface area contributed by atoms with E-state index in [0.29, 0.717) is 12.0 Å². The van der Waals surface area contributed by atoms with Crippen molar-refractivity contribution in [2.75, 3.05) is 27.2 Å². The first-order chi connectivity index (χ1) is 12.1. The molecule has 0 spiro atoms. The molecule has 6 heteroatoms. The second-order valence-electron chi connectivity index (χ2n) is 7.80. The third kappa shape index (κ3) is 3.66. The van der Waals surface area contributed by atoms with Gasteiger partial charge in [-0.15, -0.1) is 11.3 Å². The highest BCUT2D eigenvalue weighted by atomic mass is 32.1. The lowest BCUT2D eigenvalue weighted by Crippen LogP contribution is -2.40. The van der Waals surface area contributed by atoms with Crippen LogP contribution in [0, 0.1) is 5.92 Å². The van der Waals surface area contributed by atoms with E-state index in [2.05, 4.69) is 35.2 Å². The zero-order valence-electron chi connectivity index (χ0n) is 15.6. The van der Waals surface area contributed by atoms with Crippen LogP contribution < -0.4 is 0 Å². The first-order valence-corrected chi connectivity index (χ1v) is 10.3. The van der Waals surface area contributed by atoms with E-state index in [4.69, 9.17) is 4.98 Å². The fourth-order valence-electron chi connectivity index (χ4n) is 4.58.